The number of carbonyl (C=O) groups is 2. The molecule has 2 amide bonds. The standard InChI is InChI=1S/C19H22N2O3/c1-2-16(14-9-5-3-6-10-14)19(24)21-20-18(23)13-17(22)15-11-7-4-8-12-15/h3-12,16-17,22H,2,13H2,1H3,(H,20,23)(H,21,24). The fourth-order valence-corrected chi connectivity index (χ4v) is 2.50. The summed E-state index contributed by atoms with van der Waals surface area (Å²) in [5.41, 5.74) is 6.37. The first-order valence-electron chi connectivity index (χ1n) is 7.98. The molecule has 5 nitrogen and oxygen atoms in total. The van der Waals surface area contributed by atoms with Gasteiger partial charge in [-0.05, 0) is 17.5 Å². The zero-order chi connectivity index (χ0) is 17.4. The molecule has 0 saturated carbocycles. The number of hydrogen-bond donors (Lipinski definition) is 3. The lowest BCUT2D eigenvalue weighted by Crippen LogP contribution is -2.44. The Labute approximate surface area is 141 Å². The molecule has 0 aromatic heterocycles. The minimum atomic E-state index is -0.904. The molecule has 2 rings (SSSR count). The van der Waals surface area contributed by atoms with Crippen molar-refractivity contribution >= 4 is 11.8 Å². The summed E-state index contributed by atoms with van der Waals surface area (Å²) < 4.78 is 0. The van der Waals surface area contributed by atoms with E-state index in [9.17, 15) is 14.7 Å². The number of aliphatic hydroxyl groups excluding tert-OH is 1. The minimum absolute atomic E-state index is 0.119. The summed E-state index contributed by atoms with van der Waals surface area (Å²) in [6.07, 6.45) is -0.399. The molecule has 0 radical (unpaired) electrons. The van der Waals surface area contributed by atoms with Gasteiger partial charge >= 0.3 is 0 Å². The van der Waals surface area contributed by atoms with Crippen molar-refractivity contribution < 1.29 is 14.7 Å². The summed E-state index contributed by atoms with van der Waals surface area (Å²) in [6.45, 7) is 1.91. The number of hydrazine groups is 1. The zero-order valence-corrected chi connectivity index (χ0v) is 13.6. The molecule has 0 spiro atoms. The van der Waals surface area contributed by atoms with Crippen LogP contribution in [0.25, 0.3) is 0 Å². The van der Waals surface area contributed by atoms with Gasteiger partial charge in [-0.15, -0.1) is 0 Å². The van der Waals surface area contributed by atoms with Crippen molar-refractivity contribution in [1.29, 1.82) is 0 Å². The quantitative estimate of drug-likeness (QED) is 0.714. The molecule has 2 atom stereocenters. The minimum Gasteiger partial charge on any atom is -0.388 e. The molecule has 0 heterocycles. The summed E-state index contributed by atoms with van der Waals surface area (Å²) >= 11 is 0. The van der Waals surface area contributed by atoms with Crippen molar-refractivity contribution in [1.82, 2.24) is 10.9 Å². The zero-order valence-electron chi connectivity index (χ0n) is 13.6. The Bertz CT molecular complexity index is 659. The van der Waals surface area contributed by atoms with Crippen molar-refractivity contribution in [2.75, 3.05) is 0 Å². The lowest BCUT2D eigenvalue weighted by molar-refractivity contribution is -0.130. The molecule has 0 bridgehead atoms. The summed E-state index contributed by atoms with van der Waals surface area (Å²) in [6, 6.07) is 18.3. The smallest absolute Gasteiger partial charge is 0.245 e. The van der Waals surface area contributed by atoms with Crippen molar-refractivity contribution in [3.63, 3.8) is 0 Å². The van der Waals surface area contributed by atoms with Crippen LogP contribution in [0.15, 0.2) is 60.7 Å². The molecule has 5 heteroatoms. The maximum absolute atomic E-state index is 12.2. The first-order chi connectivity index (χ1) is 11.6. The molecular formula is C19H22N2O3. The van der Waals surface area contributed by atoms with Gasteiger partial charge in [-0.25, -0.2) is 0 Å². The molecule has 2 aromatic rings. The number of benzene rings is 2. The second-order valence-corrected chi connectivity index (χ2v) is 5.54. The normalized spacial score (nSPS) is 12.9. The Morgan fingerprint density at radius 3 is 2.00 bits per heavy atom. The van der Waals surface area contributed by atoms with E-state index >= 15 is 0 Å². The lowest BCUT2D eigenvalue weighted by Gasteiger charge is -2.16. The molecule has 0 aliphatic heterocycles. The first-order valence-corrected chi connectivity index (χ1v) is 7.98. The first kappa shape index (κ1) is 17.7. The van der Waals surface area contributed by atoms with Crippen LogP contribution in [0.1, 0.15) is 42.9 Å². The van der Waals surface area contributed by atoms with E-state index in [0.29, 0.717) is 12.0 Å². The van der Waals surface area contributed by atoms with Gasteiger partial charge in [0.15, 0.2) is 0 Å². The van der Waals surface area contributed by atoms with Gasteiger partial charge in [0, 0.05) is 0 Å². The van der Waals surface area contributed by atoms with Gasteiger partial charge in [0.25, 0.3) is 0 Å². The van der Waals surface area contributed by atoms with Gasteiger partial charge in [0.2, 0.25) is 11.8 Å². The third-order valence-corrected chi connectivity index (χ3v) is 3.81. The highest BCUT2D eigenvalue weighted by molar-refractivity contribution is 5.86. The van der Waals surface area contributed by atoms with E-state index in [1.165, 1.54) is 0 Å². The Morgan fingerprint density at radius 2 is 1.46 bits per heavy atom. The molecule has 0 aliphatic carbocycles. The Kier molecular flexibility index (Phi) is 6.51. The molecule has 0 aliphatic rings. The monoisotopic (exact) mass is 326 g/mol. The van der Waals surface area contributed by atoms with Crippen molar-refractivity contribution in [3.8, 4) is 0 Å². The Morgan fingerprint density at radius 1 is 0.917 bits per heavy atom. The predicted molar refractivity (Wildman–Crippen MR) is 91.8 cm³/mol. The highest BCUT2D eigenvalue weighted by Gasteiger charge is 2.19. The summed E-state index contributed by atoms with van der Waals surface area (Å²) in [5, 5.41) is 10.0. The lowest BCUT2D eigenvalue weighted by atomic mass is 9.96. The number of nitrogens with one attached hydrogen (secondary N) is 2. The van der Waals surface area contributed by atoms with E-state index in [4.69, 9.17) is 0 Å². The van der Waals surface area contributed by atoms with E-state index in [0.717, 1.165) is 5.56 Å². The van der Waals surface area contributed by atoms with Gasteiger partial charge in [0.1, 0.15) is 0 Å². The van der Waals surface area contributed by atoms with Gasteiger partial charge in [-0.3, -0.25) is 20.4 Å². The highest BCUT2D eigenvalue weighted by atomic mass is 16.3. The predicted octanol–water partition coefficient (Wildman–Crippen LogP) is 2.45. The average molecular weight is 326 g/mol. The van der Waals surface area contributed by atoms with Gasteiger partial charge in [-0.1, -0.05) is 67.6 Å². The molecular weight excluding hydrogens is 304 g/mol. The van der Waals surface area contributed by atoms with Crippen LogP contribution in [-0.2, 0) is 9.59 Å². The number of hydrogen-bond acceptors (Lipinski definition) is 3. The van der Waals surface area contributed by atoms with E-state index < -0.39 is 12.0 Å². The summed E-state index contributed by atoms with van der Waals surface area (Å²) in [4.78, 5) is 24.1. The SMILES string of the molecule is CCC(C(=O)NNC(=O)CC(O)c1ccccc1)c1ccccc1. The number of aliphatic hydroxyl groups is 1. The summed E-state index contributed by atoms with van der Waals surface area (Å²) in [7, 11) is 0. The molecule has 2 aromatic carbocycles. The van der Waals surface area contributed by atoms with Crippen LogP contribution in [-0.4, -0.2) is 16.9 Å². The van der Waals surface area contributed by atoms with Gasteiger partial charge in [-0.2, -0.15) is 0 Å². The van der Waals surface area contributed by atoms with E-state index in [-0.39, 0.29) is 18.2 Å². The molecule has 24 heavy (non-hydrogen) atoms. The van der Waals surface area contributed by atoms with E-state index in [1.807, 2.05) is 43.3 Å². The van der Waals surface area contributed by atoms with Crippen LogP contribution >= 0.6 is 0 Å². The van der Waals surface area contributed by atoms with Crippen LogP contribution in [0.4, 0.5) is 0 Å². The van der Waals surface area contributed by atoms with Crippen LogP contribution < -0.4 is 10.9 Å². The van der Waals surface area contributed by atoms with E-state index in [2.05, 4.69) is 10.9 Å². The van der Waals surface area contributed by atoms with Gasteiger partial charge < -0.3 is 5.11 Å². The van der Waals surface area contributed by atoms with Crippen molar-refractivity contribution in [2.24, 2.45) is 0 Å². The Balaban J connectivity index is 1.85. The molecule has 126 valence electrons. The third kappa shape index (κ3) is 4.93. The van der Waals surface area contributed by atoms with Crippen molar-refractivity contribution in [2.45, 2.75) is 31.8 Å². The average Bonchev–Trinajstić information content (AvgIpc) is 2.62. The fraction of sp³-hybridized carbons (Fsp3) is 0.263. The van der Waals surface area contributed by atoms with E-state index in [1.54, 1.807) is 24.3 Å². The molecule has 2 unspecified atom stereocenters. The maximum atomic E-state index is 12.2. The molecule has 3 N–H and O–H groups in total. The number of rotatable bonds is 6. The van der Waals surface area contributed by atoms with Gasteiger partial charge in [0.05, 0.1) is 18.4 Å². The Hall–Kier alpha value is -2.66. The van der Waals surface area contributed by atoms with Crippen LogP contribution in [0.3, 0.4) is 0 Å². The van der Waals surface area contributed by atoms with Crippen LogP contribution in [0, 0.1) is 0 Å². The maximum Gasteiger partial charge on any atom is 0.245 e. The fourth-order valence-electron chi connectivity index (χ4n) is 2.50. The second-order valence-electron chi connectivity index (χ2n) is 5.54. The second kappa shape index (κ2) is 8.84. The highest BCUT2D eigenvalue weighted by Crippen LogP contribution is 2.19. The molecule has 0 saturated heterocycles. The topological polar surface area (TPSA) is 78.4 Å². The third-order valence-electron chi connectivity index (χ3n) is 3.81. The number of carbonyl (C=O) groups excluding carboxylic acids is 2. The van der Waals surface area contributed by atoms with Crippen LogP contribution in [0.2, 0.25) is 0 Å². The number of amides is 2. The van der Waals surface area contributed by atoms with Crippen molar-refractivity contribution in [3.05, 3.63) is 71.8 Å². The van der Waals surface area contributed by atoms with Crippen LogP contribution in [0.5, 0.6) is 0 Å². The largest absolute Gasteiger partial charge is 0.388 e. The molecule has 0 fully saturated rings. The summed E-state index contributed by atoms with van der Waals surface area (Å²) in [5.74, 6) is -1.04.